The molecule has 238 valence electrons. The van der Waals surface area contributed by atoms with Gasteiger partial charge in [-0.25, -0.2) is 14.1 Å². The van der Waals surface area contributed by atoms with Crippen LogP contribution in [-0.2, 0) is 36.9 Å². The van der Waals surface area contributed by atoms with Gasteiger partial charge in [-0.3, -0.25) is 14.4 Å². The molecule has 1 fully saturated rings. The smallest absolute Gasteiger partial charge is 0.408 e. The highest BCUT2D eigenvalue weighted by atomic mass is 35.5. The van der Waals surface area contributed by atoms with E-state index in [-0.39, 0.29) is 19.6 Å². The predicted molar refractivity (Wildman–Crippen MR) is 163 cm³/mol. The highest BCUT2D eigenvalue weighted by Crippen LogP contribution is 2.40. The van der Waals surface area contributed by atoms with E-state index in [2.05, 4.69) is 10.6 Å². The first-order chi connectivity index (χ1) is 20.7. The Balaban J connectivity index is 1.89. The minimum Gasteiger partial charge on any atom is -0.445 e. The third-order valence-electron chi connectivity index (χ3n) is 7.94. The van der Waals surface area contributed by atoms with E-state index in [0.717, 1.165) is 0 Å². The van der Waals surface area contributed by atoms with Crippen LogP contribution in [-0.4, -0.2) is 81.0 Å². The van der Waals surface area contributed by atoms with Crippen LogP contribution in [0, 0.1) is 0 Å². The molecule has 5 amide bonds. The van der Waals surface area contributed by atoms with E-state index in [4.69, 9.17) is 27.8 Å². The second kappa shape index (κ2) is 14.7. The molecule has 2 aromatic rings. The van der Waals surface area contributed by atoms with E-state index in [1.807, 2.05) is 0 Å². The molecule has 3 rings (SSSR count). The van der Waals surface area contributed by atoms with Crippen molar-refractivity contribution in [2.75, 3.05) is 6.54 Å². The number of carbonyl (C=O) groups is 5. The van der Waals surface area contributed by atoms with E-state index in [1.165, 1.54) is 0 Å². The number of rotatable bonds is 12. The summed E-state index contributed by atoms with van der Waals surface area (Å²) >= 11 is 6.49. The second-order valence-electron chi connectivity index (χ2n) is 11.9. The zero-order valence-corrected chi connectivity index (χ0v) is 25.8. The fourth-order valence-electron chi connectivity index (χ4n) is 5.74. The number of alkyl carbamates (subject to hydrolysis) is 1. The molecule has 6 atom stereocenters. The Hall–Kier alpha value is -4.00. The molecule has 0 bridgehead atoms. The number of nitrogens with zero attached hydrogens (tertiary/aromatic N) is 1. The summed E-state index contributed by atoms with van der Waals surface area (Å²) in [6.07, 6.45) is -3.08. The van der Waals surface area contributed by atoms with E-state index in [0.29, 0.717) is 17.5 Å². The van der Waals surface area contributed by atoms with Crippen LogP contribution in [0.2, 0.25) is 0 Å². The van der Waals surface area contributed by atoms with Crippen LogP contribution in [0.25, 0.3) is 0 Å². The summed E-state index contributed by atoms with van der Waals surface area (Å²) in [5.74, 6) is -3.27. The molecule has 0 spiro atoms. The number of benzene rings is 2. The molecule has 1 heterocycles. The number of ether oxygens (including phenoxy) is 1. The number of amides is 5. The van der Waals surface area contributed by atoms with Crippen LogP contribution < -0.4 is 22.1 Å². The predicted octanol–water partition coefficient (Wildman–Crippen LogP) is 1.25. The van der Waals surface area contributed by atoms with Crippen molar-refractivity contribution in [3.8, 4) is 0 Å². The lowest BCUT2D eigenvalue weighted by Crippen LogP contribution is -2.73. The van der Waals surface area contributed by atoms with Gasteiger partial charge < -0.3 is 31.9 Å². The molecule has 0 aromatic heterocycles. The van der Waals surface area contributed by atoms with Gasteiger partial charge >= 0.3 is 12.0 Å². The first kappa shape index (κ1) is 34.5. The first-order valence-electron chi connectivity index (χ1n) is 14.3. The van der Waals surface area contributed by atoms with Crippen molar-refractivity contribution >= 4 is 41.3 Å². The van der Waals surface area contributed by atoms with Crippen LogP contribution >= 0.6 is 11.6 Å². The first-order valence-corrected chi connectivity index (χ1v) is 14.7. The molecule has 7 N–H and O–H groups in total. The molecule has 1 saturated heterocycles. The molecule has 13 heteroatoms. The molecule has 0 aliphatic carbocycles. The van der Waals surface area contributed by atoms with Gasteiger partial charge in [-0.15, -0.1) is 11.6 Å². The third-order valence-corrected chi connectivity index (χ3v) is 8.40. The van der Waals surface area contributed by atoms with Crippen LogP contribution in [0.5, 0.6) is 0 Å². The largest absolute Gasteiger partial charge is 0.445 e. The number of primary amides is 2. The number of hydrogen-bond donors (Lipinski definition) is 5. The van der Waals surface area contributed by atoms with Crippen molar-refractivity contribution in [3.05, 3.63) is 71.8 Å². The SMILES string of the molecule is CC(C)(C)[N+]1(C(=O)[C@@H](O)[C@H](Cc2ccccc2)NC(=O)[C@H](CC(N)=O)NC(=O)OCc2ccccc2)CC[C@H](Cl)[C@H]1C(N)=O. The number of aliphatic hydroxyl groups excluding tert-OH is 1. The number of quaternary nitrogens is 1. The van der Waals surface area contributed by atoms with Crippen molar-refractivity contribution < 1.29 is 38.3 Å². The van der Waals surface area contributed by atoms with Gasteiger partial charge in [0.15, 0.2) is 12.1 Å². The minimum absolute atomic E-state index is 0.00306. The molecule has 12 nitrogen and oxygen atoms in total. The Bertz CT molecular complexity index is 1340. The summed E-state index contributed by atoms with van der Waals surface area (Å²) in [5, 5.41) is 15.9. The monoisotopic (exact) mass is 630 g/mol. The normalized spacial score (nSPS) is 21.8. The molecule has 44 heavy (non-hydrogen) atoms. The number of halogens is 1. The summed E-state index contributed by atoms with van der Waals surface area (Å²) in [6, 6.07) is 13.8. The number of hydrogen-bond acceptors (Lipinski definition) is 7. The van der Waals surface area contributed by atoms with Crippen molar-refractivity contribution in [2.24, 2.45) is 11.5 Å². The van der Waals surface area contributed by atoms with Gasteiger partial charge in [0.25, 0.3) is 5.91 Å². The van der Waals surface area contributed by atoms with Crippen molar-refractivity contribution in [2.45, 2.75) is 81.8 Å². The minimum atomic E-state index is -1.83. The van der Waals surface area contributed by atoms with Gasteiger partial charge in [-0.1, -0.05) is 60.7 Å². The zero-order valence-electron chi connectivity index (χ0n) is 25.1. The van der Waals surface area contributed by atoms with Gasteiger partial charge in [-0.2, -0.15) is 0 Å². The quantitative estimate of drug-likeness (QED) is 0.172. The number of aliphatic hydroxyl groups is 1. The Morgan fingerprint density at radius 2 is 1.55 bits per heavy atom. The van der Waals surface area contributed by atoms with E-state index >= 15 is 0 Å². The Kier molecular flexibility index (Phi) is 11.5. The second-order valence-corrected chi connectivity index (χ2v) is 12.5. The summed E-state index contributed by atoms with van der Waals surface area (Å²) in [4.78, 5) is 64.8. The van der Waals surface area contributed by atoms with Gasteiger partial charge in [-0.05, 0) is 38.3 Å². The standard InChI is InChI=1S/C31H40ClN5O7/c1-31(2,3)37(15-14-21(32)25(37)27(34)40)29(42)26(39)22(16-19-10-6-4-7-11-19)35-28(41)23(17-24(33)38)36-30(43)44-18-20-12-8-5-9-13-20/h4-13,21-23,25-26,39H,14-18H2,1-3H3,(H5-,33,34,35,36,38,40,41,43)/p+1/t21-,22-,23-,25-,26-,37?/m0/s1. The summed E-state index contributed by atoms with van der Waals surface area (Å²) in [6.45, 7) is 5.31. The lowest BCUT2D eigenvalue weighted by molar-refractivity contribution is -0.904. The number of carbonyl (C=O) groups excluding carboxylic acids is 5. The molecule has 0 saturated carbocycles. The topological polar surface area (TPSA) is 191 Å². The zero-order chi connectivity index (χ0) is 32.7. The van der Waals surface area contributed by atoms with Gasteiger partial charge in [0.1, 0.15) is 18.0 Å². The molecule has 1 aliphatic heterocycles. The Labute approximate surface area is 261 Å². The highest BCUT2D eigenvalue weighted by molar-refractivity contribution is 6.22. The van der Waals surface area contributed by atoms with Crippen LogP contribution in [0.4, 0.5) is 4.79 Å². The van der Waals surface area contributed by atoms with Crippen LogP contribution in [0.1, 0.15) is 44.7 Å². The maximum atomic E-state index is 14.3. The molecule has 0 radical (unpaired) electrons. The maximum absolute atomic E-state index is 14.3. The molecular formula is C31H41ClN5O7+. The molecule has 1 unspecified atom stereocenters. The van der Waals surface area contributed by atoms with Gasteiger partial charge in [0.2, 0.25) is 11.8 Å². The molecule has 2 aromatic carbocycles. The van der Waals surface area contributed by atoms with Crippen molar-refractivity contribution in [3.63, 3.8) is 0 Å². The van der Waals surface area contributed by atoms with E-state index in [1.54, 1.807) is 81.4 Å². The fourth-order valence-corrected chi connectivity index (χ4v) is 6.16. The summed E-state index contributed by atoms with van der Waals surface area (Å²) in [7, 11) is 0. The average Bonchev–Trinajstić information content (AvgIpc) is 3.34. The summed E-state index contributed by atoms with van der Waals surface area (Å²) in [5.41, 5.74) is 11.6. The number of likely N-dealkylation sites (tertiary alicyclic amines) is 1. The third kappa shape index (κ3) is 8.13. The molecule has 1 aliphatic rings. The Morgan fingerprint density at radius 3 is 2.07 bits per heavy atom. The summed E-state index contributed by atoms with van der Waals surface area (Å²) < 4.78 is 4.67. The number of nitrogens with one attached hydrogen (secondary N) is 2. The lowest BCUT2D eigenvalue weighted by Gasteiger charge is -2.48. The average molecular weight is 631 g/mol. The number of alkyl halides is 1. The van der Waals surface area contributed by atoms with Gasteiger partial charge in [0, 0.05) is 6.42 Å². The Morgan fingerprint density at radius 1 is 0.977 bits per heavy atom. The highest BCUT2D eigenvalue weighted by Gasteiger charge is 2.63. The lowest BCUT2D eigenvalue weighted by atomic mass is 9.93. The maximum Gasteiger partial charge on any atom is 0.408 e. The van der Waals surface area contributed by atoms with E-state index < -0.39 is 75.8 Å². The van der Waals surface area contributed by atoms with Crippen LogP contribution in [0.3, 0.4) is 0 Å². The molecular weight excluding hydrogens is 590 g/mol. The van der Waals surface area contributed by atoms with Crippen molar-refractivity contribution in [1.82, 2.24) is 10.6 Å². The van der Waals surface area contributed by atoms with Crippen LogP contribution in [0.15, 0.2) is 60.7 Å². The van der Waals surface area contributed by atoms with Crippen molar-refractivity contribution in [1.29, 1.82) is 0 Å². The number of nitrogens with two attached hydrogens (primary N) is 2. The fraction of sp³-hybridized carbons (Fsp3) is 0.452. The van der Waals surface area contributed by atoms with Gasteiger partial charge in [0.05, 0.1) is 24.5 Å². The van der Waals surface area contributed by atoms with E-state index in [9.17, 15) is 29.1 Å².